The van der Waals surface area contributed by atoms with E-state index in [1.807, 2.05) is 36.4 Å². The number of halogens is 1. The lowest BCUT2D eigenvalue weighted by atomic mass is 10.2. The maximum Gasteiger partial charge on any atom is 0.134 e. The summed E-state index contributed by atoms with van der Waals surface area (Å²) in [5.74, 6) is 1.59. The monoisotopic (exact) mass is 236 g/mol. The van der Waals surface area contributed by atoms with Gasteiger partial charge in [0.25, 0.3) is 0 Å². The highest BCUT2D eigenvalue weighted by Gasteiger charge is 2.06. The Hall–Kier alpha value is -1.25. The average molecular weight is 237 g/mol. The van der Waals surface area contributed by atoms with Gasteiger partial charge in [-0.1, -0.05) is 11.6 Å². The Balaban J connectivity index is 2.21. The Labute approximate surface area is 99.5 Å². The molecule has 0 amide bonds. The first kappa shape index (κ1) is 11.2. The van der Waals surface area contributed by atoms with Crippen molar-refractivity contribution in [2.24, 2.45) is 0 Å². The number of furan rings is 1. The SMILES string of the molecule is CC(O)Cc1ccc(-c2ccc(Cl)cc2)o1. The molecule has 1 aromatic heterocycles. The lowest BCUT2D eigenvalue weighted by molar-refractivity contribution is 0.187. The summed E-state index contributed by atoms with van der Waals surface area (Å²) < 4.78 is 5.62. The van der Waals surface area contributed by atoms with Gasteiger partial charge in [0.2, 0.25) is 0 Å². The quantitative estimate of drug-likeness (QED) is 0.885. The van der Waals surface area contributed by atoms with E-state index in [1.54, 1.807) is 6.92 Å². The van der Waals surface area contributed by atoms with Crippen molar-refractivity contribution in [1.29, 1.82) is 0 Å². The molecule has 2 nitrogen and oxygen atoms in total. The Kier molecular flexibility index (Phi) is 3.32. The first-order chi connectivity index (χ1) is 7.65. The molecule has 1 unspecified atom stereocenters. The van der Waals surface area contributed by atoms with E-state index < -0.39 is 0 Å². The van der Waals surface area contributed by atoms with Gasteiger partial charge in [-0.3, -0.25) is 0 Å². The Morgan fingerprint density at radius 2 is 1.88 bits per heavy atom. The van der Waals surface area contributed by atoms with Crippen molar-refractivity contribution < 1.29 is 9.52 Å². The Morgan fingerprint density at radius 3 is 2.50 bits per heavy atom. The van der Waals surface area contributed by atoms with E-state index in [4.69, 9.17) is 16.0 Å². The molecular weight excluding hydrogens is 224 g/mol. The van der Waals surface area contributed by atoms with E-state index in [2.05, 4.69) is 0 Å². The molecule has 0 aliphatic carbocycles. The molecular formula is C13H13ClO2. The van der Waals surface area contributed by atoms with Crippen LogP contribution in [-0.4, -0.2) is 11.2 Å². The fourth-order valence-electron chi connectivity index (χ4n) is 1.55. The lowest BCUT2D eigenvalue weighted by Gasteiger charge is -2.00. The van der Waals surface area contributed by atoms with Crippen molar-refractivity contribution in [2.45, 2.75) is 19.4 Å². The van der Waals surface area contributed by atoms with E-state index in [9.17, 15) is 5.11 Å². The van der Waals surface area contributed by atoms with Crippen molar-refractivity contribution in [2.75, 3.05) is 0 Å². The van der Waals surface area contributed by atoms with Crippen molar-refractivity contribution in [3.63, 3.8) is 0 Å². The van der Waals surface area contributed by atoms with Crippen LogP contribution in [0, 0.1) is 0 Å². The third-order valence-corrected chi connectivity index (χ3v) is 2.54. The van der Waals surface area contributed by atoms with Gasteiger partial charge in [0.05, 0.1) is 6.10 Å². The van der Waals surface area contributed by atoms with E-state index >= 15 is 0 Å². The molecule has 0 aliphatic rings. The Bertz CT molecular complexity index is 457. The molecule has 0 saturated carbocycles. The molecule has 0 radical (unpaired) electrons. The van der Waals surface area contributed by atoms with Gasteiger partial charge in [-0.15, -0.1) is 0 Å². The zero-order valence-electron chi connectivity index (χ0n) is 8.98. The summed E-state index contributed by atoms with van der Waals surface area (Å²) in [6.45, 7) is 1.74. The standard InChI is InChI=1S/C13H13ClO2/c1-9(15)8-12-6-7-13(16-12)10-2-4-11(14)5-3-10/h2-7,9,15H,8H2,1H3. The predicted molar refractivity (Wildman–Crippen MR) is 64.5 cm³/mol. The van der Waals surface area contributed by atoms with E-state index in [-0.39, 0.29) is 6.10 Å². The first-order valence-electron chi connectivity index (χ1n) is 5.18. The fourth-order valence-corrected chi connectivity index (χ4v) is 1.67. The number of hydrogen-bond acceptors (Lipinski definition) is 2. The first-order valence-corrected chi connectivity index (χ1v) is 5.55. The second-order valence-electron chi connectivity index (χ2n) is 3.83. The smallest absolute Gasteiger partial charge is 0.134 e. The third-order valence-electron chi connectivity index (χ3n) is 2.29. The normalized spacial score (nSPS) is 12.7. The van der Waals surface area contributed by atoms with Crippen LogP contribution < -0.4 is 0 Å². The molecule has 1 atom stereocenters. The molecule has 2 aromatic rings. The number of benzene rings is 1. The molecule has 1 N–H and O–H groups in total. The van der Waals surface area contributed by atoms with Crippen molar-refractivity contribution >= 4 is 11.6 Å². The molecule has 0 aliphatic heterocycles. The molecule has 1 aromatic carbocycles. The van der Waals surface area contributed by atoms with Crippen LogP contribution in [0.25, 0.3) is 11.3 Å². The van der Waals surface area contributed by atoms with Crippen LogP contribution in [-0.2, 0) is 6.42 Å². The van der Waals surface area contributed by atoms with Gasteiger partial charge in [0.15, 0.2) is 0 Å². The molecule has 0 fully saturated rings. The highest BCUT2D eigenvalue weighted by atomic mass is 35.5. The number of hydrogen-bond donors (Lipinski definition) is 1. The molecule has 0 bridgehead atoms. The summed E-state index contributed by atoms with van der Waals surface area (Å²) in [7, 11) is 0. The molecule has 1 heterocycles. The molecule has 0 spiro atoms. The van der Waals surface area contributed by atoms with Gasteiger partial charge < -0.3 is 9.52 Å². The molecule has 84 valence electrons. The second-order valence-corrected chi connectivity index (χ2v) is 4.26. The van der Waals surface area contributed by atoms with Crippen LogP contribution in [0.2, 0.25) is 5.02 Å². The van der Waals surface area contributed by atoms with E-state index in [0.717, 1.165) is 17.1 Å². The summed E-state index contributed by atoms with van der Waals surface area (Å²) in [5, 5.41) is 9.95. The van der Waals surface area contributed by atoms with Gasteiger partial charge in [-0.2, -0.15) is 0 Å². The highest BCUT2D eigenvalue weighted by Crippen LogP contribution is 2.24. The van der Waals surface area contributed by atoms with Crippen molar-refractivity contribution in [3.05, 3.63) is 47.2 Å². The summed E-state index contributed by atoms with van der Waals surface area (Å²) >= 11 is 5.81. The minimum atomic E-state index is -0.385. The summed E-state index contributed by atoms with van der Waals surface area (Å²) in [4.78, 5) is 0. The van der Waals surface area contributed by atoms with Crippen molar-refractivity contribution in [1.82, 2.24) is 0 Å². The highest BCUT2D eigenvalue weighted by molar-refractivity contribution is 6.30. The molecule has 0 saturated heterocycles. The minimum absolute atomic E-state index is 0.385. The third kappa shape index (κ3) is 2.65. The minimum Gasteiger partial charge on any atom is -0.461 e. The van der Waals surface area contributed by atoms with Crippen LogP contribution >= 0.6 is 11.6 Å². The van der Waals surface area contributed by atoms with Gasteiger partial charge in [0, 0.05) is 17.0 Å². The maximum absolute atomic E-state index is 9.24. The zero-order valence-corrected chi connectivity index (χ0v) is 9.74. The zero-order chi connectivity index (χ0) is 11.5. The van der Waals surface area contributed by atoms with Gasteiger partial charge in [-0.05, 0) is 43.3 Å². The molecule has 2 rings (SSSR count). The summed E-state index contributed by atoms with van der Waals surface area (Å²) in [5.41, 5.74) is 0.987. The number of aliphatic hydroxyl groups excluding tert-OH is 1. The summed E-state index contributed by atoms with van der Waals surface area (Å²) in [6, 6.07) is 11.3. The van der Waals surface area contributed by atoms with Crippen LogP contribution in [0.5, 0.6) is 0 Å². The van der Waals surface area contributed by atoms with Crippen LogP contribution in [0.1, 0.15) is 12.7 Å². The van der Waals surface area contributed by atoms with Gasteiger partial charge >= 0.3 is 0 Å². The molecule has 16 heavy (non-hydrogen) atoms. The van der Waals surface area contributed by atoms with Gasteiger partial charge in [-0.25, -0.2) is 0 Å². The maximum atomic E-state index is 9.24. The second kappa shape index (κ2) is 4.73. The van der Waals surface area contributed by atoms with Crippen LogP contribution in [0.4, 0.5) is 0 Å². The van der Waals surface area contributed by atoms with Crippen LogP contribution in [0.3, 0.4) is 0 Å². The number of aliphatic hydroxyl groups is 1. The van der Waals surface area contributed by atoms with Gasteiger partial charge in [0.1, 0.15) is 11.5 Å². The topological polar surface area (TPSA) is 33.4 Å². The van der Waals surface area contributed by atoms with Crippen LogP contribution in [0.15, 0.2) is 40.8 Å². The van der Waals surface area contributed by atoms with E-state index in [0.29, 0.717) is 11.4 Å². The Morgan fingerprint density at radius 1 is 1.19 bits per heavy atom. The fraction of sp³-hybridized carbons (Fsp3) is 0.231. The largest absolute Gasteiger partial charge is 0.461 e. The number of rotatable bonds is 3. The average Bonchev–Trinajstić information content (AvgIpc) is 2.66. The van der Waals surface area contributed by atoms with Crippen molar-refractivity contribution in [3.8, 4) is 11.3 Å². The predicted octanol–water partition coefficient (Wildman–Crippen LogP) is 3.52. The summed E-state index contributed by atoms with van der Waals surface area (Å²) in [6.07, 6.45) is 0.150. The van der Waals surface area contributed by atoms with E-state index in [1.165, 1.54) is 0 Å². The lowest BCUT2D eigenvalue weighted by Crippen LogP contribution is -2.02. The molecule has 3 heteroatoms.